The Balaban J connectivity index is 0.00000256. The molecule has 0 radical (unpaired) electrons. The van der Waals surface area contributed by atoms with E-state index in [1.54, 1.807) is 0 Å². The fourth-order valence-electron chi connectivity index (χ4n) is 1.30. The molecule has 1 rings (SSSR count). The average molecular weight is 348 g/mol. The number of nitrogens with zero attached hydrogens (tertiary/aromatic N) is 2. The van der Waals surface area contributed by atoms with Crippen molar-refractivity contribution >= 4 is 35.6 Å². The van der Waals surface area contributed by atoms with Gasteiger partial charge in [-0.3, -0.25) is 4.99 Å². The van der Waals surface area contributed by atoms with Gasteiger partial charge in [-0.25, -0.2) is 0 Å². The summed E-state index contributed by atoms with van der Waals surface area (Å²) in [5.41, 5.74) is 6.72. The zero-order chi connectivity index (χ0) is 11.8. The quantitative estimate of drug-likeness (QED) is 0.370. The number of hydrogen-bond acceptors (Lipinski definition) is 2. The van der Waals surface area contributed by atoms with E-state index in [4.69, 9.17) is 5.73 Å². The van der Waals surface area contributed by atoms with Gasteiger partial charge in [-0.1, -0.05) is 18.2 Å². The second-order valence-electron chi connectivity index (χ2n) is 3.91. The van der Waals surface area contributed by atoms with E-state index in [9.17, 15) is 0 Å². The zero-order valence-corrected chi connectivity index (χ0v) is 12.7. The van der Waals surface area contributed by atoms with Gasteiger partial charge in [-0.05, 0) is 39.2 Å². The number of nitrogens with two attached hydrogens (primary N) is 1. The molecule has 0 aliphatic rings. The van der Waals surface area contributed by atoms with Gasteiger partial charge in [0.25, 0.3) is 0 Å². The molecule has 0 saturated heterocycles. The van der Waals surface area contributed by atoms with Crippen LogP contribution in [-0.4, -0.2) is 38.0 Å². The number of hydrogen-bond donors (Lipinski definition) is 2. The van der Waals surface area contributed by atoms with E-state index in [0.717, 1.165) is 25.2 Å². The van der Waals surface area contributed by atoms with Crippen molar-refractivity contribution in [3.8, 4) is 0 Å². The van der Waals surface area contributed by atoms with Crippen molar-refractivity contribution in [3.63, 3.8) is 0 Å². The van der Waals surface area contributed by atoms with E-state index in [2.05, 4.69) is 29.3 Å². The Morgan fingerprint density at radius 2 is 1.94 bits per heavy atom. The number of rotatable bonds is 5. The van der Waals surface area contributed by atoms with Gasteiger partial charge < -0.3 is 16.0 Å². The van der Waals surface area contributed by atoms with Crippen molar-refractivity contribution in [2.24, 2.45) is 10.7 Å². The summed E-state index contributed by atoms with van der Waals surface area (Å²) in [6.07, 6.45) is 1.02. The van der Waals surface area contributed by atoms with Crippen molar-refractivity contribution in [1.29, 1.82) is 0 Å². The average Bonchev–Trinajstić information content (AvgIpc) is 2.25. The zero-order valence-electron chi connectivity index (χ0n) is 10.4. The molecule has 96 valence electrons. The Labute approximate surface area is 120 Å². The molecule has 3 N–H and O–H groups in total. The molecule has 0 unspecified atom stereocenters. The van der Waals surface area contributed by atoms with Crippen LogP contribution in [0.3, 0.4) is 0 Å². The maximum atomic E-state index is 5.75. The van der Waals surface area contributed by atoms with Crippen LogP contribution >= 0.6 is 24.0 Å². The predicted molar refractivity (Wildman–Crippen MR) is 85.1 cm³/mol. The summed E-state index contributed by atoms with van der Waals surface area (Å²) < 4.78 is 0. The summed E-state index contributed by atoms with van der Waals surface area (Å²) >= 11 is 0. The number of nitrogens with one attached hydrogen (secondary N) is 1. The maximum Gasteiger partial charge on any atom is 0.193 e. The fourth-order valence-corrected chi connectivity index (χ4v) is 1.30. The summed E-state index contributed by atoms with van der Waals surface area (Å²) in [6, 6.07) is 9.81. The summed E-state index contributed by atoms with van der Waals surface area (Å²) in [5.74, 6) is 0.477. The van der Waals surface area contributed by atoms with Gasteiger partial charge in [0.05, 0.1) is 0 Å². The first-order valence-electron chi connectivity index (χ1n) is 5.45. The number of benzene rings is 1. The highest BCUT2D eigenvalue weighted by Crippen LogP contribution is 2.03. The molecule has 0 spiro atoms. The Morgan fingerprint density at radius 3 is 2.53 bits per heavy atom. The molecule has 0 bridgehead atoms. The first-order valence-corrected chi connectivity index (χ1v) is 5.45. The molecule has 0 amide bonds. The minimum atomic E-state index is 0. The lowest BCUT2D eigenvalue weighted by molar-refractivity contribution is 0.403. The first-order chi connectivity index (χ1) is 7.68. The summed E-state index contributed by atoms with van der Waals surface area (Å²) in [7, 11) is 4.10. The van der Waals surface area contributed by atoms with Crippen LogP contribution in [0.15, 0.2) is 35.3 Å². The van der Waals surface area contributed by atoms with Crippen molar-refractivity contribution in [2.45, 2.75) is 6.42 Å². The number of halogens is 1. The van der Waals surface area contributed by atoms with Gasteiger partial charge in [0.15, 0.2) is 5.96 Å². The van der Waals surface area contributed by atoms with Crippen LogP contribution in [0.25, 0.3) is 0 Å². The lowest BCUT2D eigenvalue weighted by Crippen LogP contribution is -2.23. The van der Waals surface area contributed by atoms with Crippen molar-refractivity contribution < 1.29 is 0 Å². The van der Waals surface area contributed by atoms with Crippen LogP contribution in [0, 0.1) is 0 Å². The Bertz CT molecular complexity index is 325. The second-order valence-corrected chi connectivity index (χ2v) is 3.91. The van der Waals surface area contributed by atoms with Crippen molar-refractivity contribution in [1.82, 2.24) is 4.90 Å². The highest BCUT2D eigenvalue weighted by Gasteiger charge is 1.93. The van der Waals surface area contributed by atoms with Crippen LogP contribution in [0.1, 0.15) is 6.42 Å². The van der Waals surface area contributed by atoms with Gasteiger partial charge in [-0.2, -0.15) is 0 Å². The molecule has 1 aromatic rings. The van der Waals surface area contributed by atoms with Gasteiger partial charge in [0.1, 0.15) is 0 Å². The molecule has 0 saturated carbocycles. The predicted octanol–water partition coefficient (Wildman–Crippen LogP) is 1.98. The molecule has 0 atom stereocenters. The second kappa shape index (κ2) is 9.23. The third-order valence-corrected chi connectivity index (χ3v) is 2.09. The van der Waals surface area contributed by atoms with Crippen LogP contribution < -0.4 is 11.1 Å². The number of para-hydroxylation sites is 1. The van der Waals surface area contributed by atoms with Gasteiger partial charge >= 0.3 is 0 Å². The van der Waals surface area contributed by atoms with E-state index < -0.39 is 0 Å². The summed E-state index contributed by atoms with van der Waals surface area (Å²) in [4.78, 5) is 6.38. The Kier molecular flexibility index (Phi) is 8.79. The third-order valence-electron chi connectivity index (χ3n) is 2.09. The minimum absolute atomic E-state index is 0. The monoisotopic (exact) mass is 348 g/mol. The Hall–Kier alpha value is -0.820. The fraction of sp³-hybridized carbons (Fsp3) is 0.417. The van der Waals surface area contributed by atoms with E-state index >= 15 is 0 Å². The van der Waals surface area contributed by atoms with Crippen molar-refractivity contribution in [2.75, 3.05) is 32.5 Å². The molecular formula is C12H21IN4. The molecule has 0 heterocycles. The van der Waals surface area contributed by atoms with Gasteiger partial charge in [0.2, 0.25) is 0 Å². The molecule has 5 heteroatoms. The molecule has 0 fully saturated rings. The number of guanidine groups is 1. The maximum absolute atomic E-state index is 5.75. The minimum Gasteiger partial charge on any atom is -0.370 e. The number of aliphatic imine (C=N–C) groups is 1. The smallest absolute Gasteiger partial charge is 0.193 e. The lowest BCUT2D eigenvalue weighted by atomic mass is 10.3. The molecule has 17 heavy (non-hydrogen) atoms. The Morgan fingerprint density at radius 1 is 1.29 bits per heavy atom. The van der Waals surface area contributed by atoms with Crippen LogP contribution in [0.5, 0.6) is 0 Å². The molecular weight excluding hydrogens is 327 g/mol. The topological polar surface area (TPSA) is 53.6 Å². The van der Waals surface area contributed by atoms with Crippen LogP contribution in [0.4, 0.5) is 5.69 Å². The van der Waals surface area contributed by atoms with Gasteiger partial charge in [0, 0.05) is 12.2 Å². The van der Waals surface area contributed by atoms with Crippen LogP contribution in [-0.2, 0) is 0 Å². The third kappa shape index (κ3) is 7.98. The summed E-state index contributed by atoms with van der Waals surface area (Å²) in [6.45, 7) is 1.78. The molecule has 1 aromatic carbocycles. The van der Waals surface area contributed by atoms with Crippen LogP contribution in [0.2, 0.25) is 0 Å². The molecule has 0 aromatic heterocycles. The van der Waals surface area contributed by atoms with E-state index in [-0.39, 0.29) is 24.0 Å². The van der Waals surface area contributed by atoms with Crippen molar-refractivity contribution in [3.05, 3.63) is 30.3 Å². The highest BCUT2D eigenvalue weighted by molar-refractivity contribution is 14.0. The SMILES string of the molecule is CN(C)CCCN=C(N)Nc1ccccc1.I. The van der Waals surface area contributed by atoms with E-state index in [1.165, 1.54) is 0 Å². The van der Waals surface area contributed by atoms with E-state index in [1.807, 2.05) is 30.3 Å². The largest absolute Gasteiger partial charge is 0.370 e. The van der Waals surface area contributed by atoms with E-state index in [0.29, 0.717) is 5.96 Å². The highest BCUT2D eigenvalue weighted by atomic mass is 127. The molecule has 4 nitrogen and oxygen atoms in total. The molecule has 0 aliphatic heterocycles. The standard InChI is InChI=1S/C12H20N4.HI/c1-16(2)10-6-9-14-12(13)15-11-7-4-3-5-8-11;/h3-5,7-8H,6,9-10H2,1-2H3,(H3,13,14,15);1H. The molecule has 0 aliphatic carbocycles. The summed E-state index contributed by atoms with van der Waals surface area (Å²) in [5, 5.41) is 3.04. The lowest BCUT2D eigenvalue weighted by Gasteiger charge is -2.08. The van der Waals surface area contributed by atoms with Gasteiger partial charge in [-0.15, -0.1) is 24.0 Å². The normalized spacial score (nSPS) is 11.1. The number of anilines is 1. The first kappa shape index (κ1) is 16.2.